The predicted octanol–water partition coefficient (Wildman–Crippen LogP) is 6.57. The minimum Gasteiger partial charge on any atom is -0.478 e. The average Bonchev–Trinajstić information content (AvgIpc) is 2.94. The Morgan fingerprint density at radius 2 is 1.92 bits per heavy atom. The molecule has 3 aromatic carbocycles. The van der Waals surface area contributed by atoms with Crippen molar-refractivity contribution in [2.24, 2.45) is 5.10 Å². The van der Waals surface area contributed by atoms with E-state index in [4.69, 9.17) is 19.6 Å². The van der Waals surface area contributed by atoms with E-state index in [0.717, 1.165) is 40.9 Å². The third-order valence-electron chi connectivity index (χ3n) is 6.96. The monoisotopic (exact) mass is 575 g/mol. The van der Waals surface area contributed by atoms with Crippen LogP contribution in [0.2, 0.25) is 0 Å². The van der Waals surface area contributed by atoms with Gasteiger partial charge in [-0.1, -0.05) is 65.5 Å². The summed E-state index contributed by atoms with van der Waals surface area (Å²) >= 11 is 3.48. The molecule has 0 radical (unpaired) electrons. The summed E-state index contributed by atoms with van der Waals surface area (Å²) in [4.78, 5) is 31.0. The number of carbonyl (C=O) groups is 1. The number of hydrogen-bond donors (Lipinski definition) is 0. The van der Waals surface area contributed by atoms with Gasteiger partial charge in [-0.15, -0.1) is 0 Å². The van der Waals surface area contributed by atoms with Crippen molar-refractivity contribution in [3.63, 3.8) is 0 Å². The molecule has 1 atom stereocenters. The van der Waals surface area contributed by atoms with Crippen molar-refractivity contribution in [3.8, 4) is 5.75 Å². The highest BCUT2D eigenvalue weighted by Gasteiger charge is 2.23. The normalized spacial score (nSPS) is 15.2. The van der Waals surface area contributed by atoms with E-state index in [2.05, 4.69) is 15.9 Å². The van der Waals surface area contributed by atoms with Crippen LogP contribution < -0.4 is 10.3 Å². The molecule has 0 unspecified atom stereocenters. The molecule has 0 N–H and O–H groups in total. The summed E-state index contributed by atoms with van der Waals surface area (Å²) in [6.45, 7) is 3.69. The van der Waals surface area contributed by atoms with Gasteiger partial charge < -0.3 is 9.47 Å². The maximum absolute atomic E-state index is 13.7. The maximum atomic E-state index is 13.7. The highest BCUT2D eigenvalue weighted by Crippen LogP contribution is 2.32. The first-order valence-corrected chi connectivity index (χ1v) is 13.9. The van der Waals surface area contributed by atoms with Crippen LogP contribution in [-0.2, 0) is 9.53 Å². The molecular weight excluding hydrogens is 546 g/mol. The molecule has 0 bridgehead atoms. The average molecular weight is 576 g/mol. The molecule has 0 amide bonds. The number of rotatable bonds is 7. The number of esters is 1. The van der Waals surface area contributed by atoms with E-state index < -0.39 is 12.1 Å². The molecule has 0 spiro atoms. The van der Waals surface area contributed by atoms with Crippen molar-refractivity contribution < 1.29 is 14.3 Å². The number of fused-ring (bicyclic) bond motifs is 2. The van der Waals surface area contributed by atoms with Gasteiger partial charge in [0.25, 0.3) is 5.56 Å². The van der Waals surface area contributed by atoms with Crippen LogP contribution in [0.5, 0.6) is 5.75 Å². The molecule has 1 saturated carbocycles. The largest absolute Gasteiger partial charge is 0.478 e. The van der Waals surface area contributed by atoms with Crippen molar-refractivity contribution in [1.82, 2.24) is 9.66 Å². The topological polar surface area (TPSA) is 82.8 Å². The zero-order valence-corrected chi connectivity index (χ0v) is 23.1. The van der Waals surface area contributed by atoms with Gasteiger partial charge in [0.15, 0.2) is 6.10 Å². The van der Waals surface area contributed by atoms with E-state index in [0.29, 0.717) is 28.0 Å². The molecule has 1 aliphatic rings. The zero-order valence-electron chi connectivity index (χ0n) is 21.5. The molecule has 196 valence electrons. The SMILES string of the molecule is CCOC(=O)[C@@H](C)Oc1ccc2ccccc2c1C=Nn1c(C2CCCCC2)nc2ccc(Br)cc2c1=O. The van der Waals surface area contributed by atoms with Gasteiger partial charge in [0.2, 0.25) is 0 Å². The van der Waals surface area contributed by atoms with Crippen molar-refractivity contribution in [1.29, 1.82) is 0 Å². The fraction of sp³-hybridized carbons (Fsp3) is 0.333. The van der Waals surface area contributed by atoms with E-state index in [1.54, 1.807) is 26.1 Å². The summed E-state index contributed by atoms with van der Waals surface area (Å²) in [5, 5.41) is 7.12. The van der Waals surface area contributed by atoms with E-state index in [9.17, 15) is 9.59 Å². The molecular formula is C30H30BrN3O4. The molecule has 1 aliphatic carbocycles. The van der Waals surface area contributed by atoms with Crippen LogP contribution in [0, 0.1) is 0 Å². The second kappa shape index (κ2) is 11.5. The van der Waals surface area contributed by atoms with Gasteiger partial charge in [0.1, 0.15) is 11.6 Å². The van der Waals surface area contributed by atoms with Crippen molar-refractivity contribution >= 4 is 49.8 Å². The van der Waals surface area contributed by atoms with E-state index >= 15 is 0 Å². The lowest BCUT2D eigenvalue weighted by atomic mass is 9.88. The van der Waals surface area contributed by atoms with Crippen LogP contribution in [0.25, 0.3) is 21.7 Å². The lowest BCUT2D eigenvalue weighted by molar-refractivity contribution is -0.150. The lowest BCUT2D eigenvalue weighted by Crippen LogP contribution is -2.27. The molecule has 1 fully saturated rings. The van der Waals surface area contributed by atoms with Crippen LogP contribution in [0.15, 0.2) is 69.0 Å². The number of hydrogen-bond acceptors (Lipinski definition) is 6. The van der Waals surface area contributed by atoms with Gasteiger partial charge >= 0.3 is 5.97 Å². The van der Waals surface area contributed by atoms with E-state index in [-0.39, 0.29) is 18.1 Å². The molecule has 0 aliphatic heterocycles. The minimum absolute atomic E-state index is 0.161. The molecule has 7 nitrogen and oxygen atoms in total. The molecule has 1 aromatic heterocycles. The van der Waals surface area contributed by atoms with E-state index in [1.165, 1.54) is 11.1 Å². The molecule has 5 rings (SSSR count). The predicted molar refractivity (Wildman–Crippen MR) is 153 cm³/mol. The Kier molecular flexibility index (Phi) is 7.88. The lowest BCUT2D eigenvalue weighted by Gasteiger charge is -2.23. The molecule has 0 saturated heterocycles. The summed E-state index contributed by atoms with van der Waals surface area (Å²) < 4.78 is 13.4. The smallest absolute Gasteiger partial charge is 0.347 e. The Morgan fingerprint density at radius 3 is 2.71 bits per heavy atom. The van der Waals surface area contributed by atoms with Gasteiger partial charge in [0.05, 0.1) is 23.7 Å². The van der Waals surface area contributed by atoms with Crippen LogP contribution in [0.3, 0.4) is 0 Å². The summed E-state index contributed by atoms with van der Waals surface area (Å²) in [6.07, 6.45) is 6.20. The number of ether oxygens (including phenoxy) is 2. The summed E-state index contributed by atoms with van der Waals surface area (Å²) in [6, 6.07) is 17.2. The quantitative estimate of drug-likeness (QED) is 0.184. The van der Waals surface area contributed by atoms with Crippen LogP contribution in [0.4, 0.5) is 0 Å². The Hall–Kier alpha value is -3.52. The Morgan fingerprint density at radius 1 is 1.13 bits per heavy atom. The molecule has 38 heavy (non-hydrogen) atoms. The summed E-state index contributed by atoms with van der Waals surface area (Å²) in [5.74, 6) is 0.887. The van der Waals surface area contributed by atoms with Crippen LogP contribution in [-0.4, -0.2) is 34.6 Å². The van der Waals surface area contributed by atoms with Crippen LogP contribution >= 0.6 is 15.9 Å². The third-order valence-corrected chi connectivity index (χ3v) is 7.45. The molecule has 8 heteroatoms. The van der Waals surface area contributed by atoms with Gasteiger partial charge in [-0.25, -0.2) is 9.78 Å². The van der Waals surface area contributed by atoms with Gasteiger partial charge in [-0.3, -0.25) is 4.79 Å². The minimum atomic E-state index is -0.802. The van der Waals surface area contributed by atoms with Crippen LogP contribution in [0.1, 0.15) is 63.3 Å². The fourth-order valence-corrected chi connectivity index (χ4v) is 5.39. The fourth-order valence-electron chi connectivity index (χ4n) is 5.03. The first kappa shape index (κ1) is 26.1. The standard InChI is InChI=1S/C30H30BrN3O4/c1-3-37-30(36)19(2)38-27-16-13-20-9-7-8-12-23(20)25(27)18-32-34-28(21-10-5-4-6-11-21)33-26-15-14-22(31)17-24(26)29(34)35/h7-9,12-19,21H,3-6,10-11H2,1-2H3/t19-/m1/s1. The number of halogens is 1. The zero-order chi connectivity index (χ0) is 26.6. The second-order valence-electron chi connectivity index (χ2n) is 9.54. The third kappa shape index (κ3) is 5.36. The van der Waals surface area contributed by atoms with Gasteiger partial charge in [0, 0.05) is 16.0 Å². The van der Waals surface area contributed by atoms with Gasteiger partial charge in [-0.05, 0) is 61.7 Å². The first-order chi connectivity index (χ1) is 18.5. The summed E-state index contributed by atoms with van der Waals surface area (Å²) in [5.41, 5.74) is 1.13. The number of carbonyl (C=O) groups excluding carboxylic acids is 1. The molecule has 4 aromatic rings. The van der Waals surface area contributed by atoms with Crippen molar-refractivity contribution in [3.05, 3.63) is 80.8 Å². The van der Waals surface area contributed by atoms with Crippen molar-refractivity contribution in [2.45, 2.75) is 58.0 Å². The Labute approximate surface area is 229 Å². The highest BCUT2D eigenvalue weighted by molar-refractivity contribution is 9.10. The number of benzene rings is 3. The summed E-state index contributed by atoms with van der Waals surface area (Å²) in [7, 11) is 0. The second-order valence-corrected chi connectivity index (χ2v) is 10.5. The highest BCUT2D eigenvalue weighted by atomic mass is 79.9. The number of nitrogens with zero attached hydrogens (tertiary/aromatic N) is 3. The van der Waals surface area contributed by atoms with Crippen molar-refractivity contribution in [2.75, 3.05) is 6.61 Å². The Balaban J connectivity index is 1.65. The molecule has 1 heterocycles. The van der Waals surface area contributed by atoms with Gasteiger partial charge in [-0.2, -0.15) is 9.78 Å². The first-order valence-electron chi connectivity index (χ1n) is 13.1. The number of aromatic nitrogens is 2. The van der Waals surface area contributed by atoms with E-state index in [1.807, 2.05) is 48.5 Å². The Bertz CT molecular complexity index is 1570. The maximum Gasteiger partial charge on any atom is 0.347 e.